The summed E-state index contributed by atoms with van der Waals surface area (Å²) in [4.78, 5) is 0. The molecule has 2 heterocycles. The lowest BCUT2D eigenvalue weighted by atomic mass is 9.93. The summed E-state index contributed by atoms with van der Waals surface area (Å²) in [7, 11) is 0. The Kier molecular flexibility index (Phi) is 1.77. The topological polar surface area (TPSA) is 53.1 Å². The predicted molar refractivity (Wildman–Crippen MR) is 52.9 cm³/mol. The van der Waals surface area contributed by atoms with Gasteiger partial charge in [-0.3, -0.25) is 4.68 Å². The van der Waals surface area contributed by atoms with Gasteiger partial charge in [-0.15, -0.1) is 0 Å². The molecule has 14 heavy (non-hydrogen) atoms. The van der Waals surface area contributed by atoms with Crippen molar-refractivity contribution in [2.24, 2.45) is 0 Å². The molecule has 0 saturated heterocycles. The van der Waals surface area contributed by atoms with Crippen molar-refractivity contribution < 1.29 is 4.74 Å². The number of ether oxygens (including phenoxy) is 1. The number of fused-ring (bicyclic) bond motifs is 1. The Labute approximate surface area is 83.0 Å². The van der Waals surface area contributed by atoms with Gasteiger partial charge in [0.1, 0.15) is 5.82 Å². The predicted octanol–water partition coefficient (Wildman–Crippen LogP) is 1.26. The fourth-order valence-corrected chi connectivity index (χ4v) is 2.22. The maximum absolute atomic E-state index is 5.89. The van der Waals surface area contributed by atoms with Gasteiger partial charge in [-0.25, -0.2) is 0 Å². The van der Waals surface area contributed by atoms with E-state index >= 15 is 0 Å². The zero-order valence-corrected chi connectivity index (χ0v) is 8.20. The minimum atomic E-state index is 0.586. The lowest BCUT2D eigenvalue weighted by molar-refractivity contribution is 0.0998. The van der Waals surface area contributed by atoms with Crippen LogP contribution in [0, 0.1) is 0 Å². The van der Waals surface area contributed by atoms with Crippen LogP contribution >= 0.6 is 0 Å². The molecule has 2 aliphatic rings. The lowest BCUT2D eigenvalue weighted by Gasteiger charge is -2.28. The van der Waals surface area contributed by atoms with E-state index in [1.807, 2.05) is 0 Å². The van der Waals surface area contributed by atoms with Crippen LogP contribution < -0.4 is 5.73 Å². The molecule has 0 atom stereocenters. The van der Waals surface area contributed by atoms with Crippen LogP contribution in [0.5, 0.6) is 0 Å². The van der Waals surface area contributed by atoms with Gasteiger partial charge in [0.15, 0.2) is 0 Å². The maximum atomic E-state index is 5.89. The van der Waals surface area contributed by atoms with Gasteiger partial charge >= 0.3 is 0 Å². The summed E-state index contributed by atoms with van der Waals surface area (Å²) in [5, 5.41) is 4.43. The Morgan fingerprint density at radius 2 is 2.29 bits per heavy atom. The highest BCUT2D eigenvalue weighted by Gasteiger charge is 2.27. The van der Waals surface area contributed by atoms with Crippen LogP contribution in [0.15, 0.2) is 0 Å². The van der Waals surface area contributed by atoms with Gasteiger partial charge in [-0.1, -0.05) is 0 Å². The molecule has 4 nitrogen and oxygen atoms in total. The van der Waals surface area contributed by atoms with Crippen LogP contribution in [0.25, 0.3) is 0 Å². The summed E-state index contributed by atoms with van der Waals surface area (Å²) in [5.74, 6) is 0.718. The molecule has 0 spiro atoms. The molecule has 0 unspecified atom stereocenters. The second-order valence-electron chi connectivity index (χ2n) is 4.14. The first-order valence-corrected chi connectivity index (χ1v) is 5.30. The van der Waals surface area contributed by atoms with E-state index < -0.39 is 0 Å². The zero-order valence-electron chi connectivity index (χ0n) is 8.20. The summed E-state index contributed by atoms with van der Waals surface area (Å²) in [5.41, 5.74) is 8.34. The van der Waals surface area contributed by atoms with Crippen LogP contribution in [-0.4, -0.2) is 16.4 Å². The monoisotopic (exact) mass is 193 g/mol. The second-order valence-corrected chi connectivity index (χ2v) is 4.14. The summed E-state index contributed by atoms with van der Waals surface area (Å²) < 4.78 is 7.56. The fourth-order valence-electron chi connectivity index (χ4n) is 2.22. The van der Waals surface area contributed by atoms with Gasteiger partial charge in [0.05, 0.1) is 24.9 Å². The Bertz CT molecular complexity index is 354. The third kappa shape index (κ3) is 1.07. The van der Waals surface area contributed by atoms with Crippen molar-refractivity contribution in [2.75, 3.05) is 12.3 Å². The van der Waals surface area contributed by atoms with Crippen molar-refractivity contribution in [1.82, 2.24) is 9.78 Å². The number of nitrogens with zero attached hydrogens (tertiary/aromatic N) is 2. The van der Waals surface area contributed by atoms with Crippen molar-refractivity contribution in [1.29, 1.82) is 0 Å². The Hall–Kier alpha value is -1.03. The number of hydrogen-bond donors (Lipinski definition) is 1. The summed E-state index contributed by atoms with van der Waals surface area (Å²) >= 11 is 0. The Morgan fingerprint density at radius 3 is 3.00 bits per heavy atom. The van der Waals surface area contributed by atoms with Gasteiger partial charge in [-0.05, 0) is 19.3 Å². The zero-order chi connectivity index (χ0) is 9.54. The molecule has 3 rings (SSSR count). The highest BCUT2D eigenvalue weighted by Crippen LogP contribution is 2.35. The van der Waals surface area contributed by atoms with Gasteiger partial charge in [0.2, 0.25) is 0 Å². The fraction of sp³-hybridized carbons (Fsp3) is 0.700. The molecule has 0 aromatic carbocycles. The minimum absolute atomic E-state index is 0.586. The third-order valence-corrected chi connectivity index (χ3v) is 3.31. The van der Waals surface area contributed by atoms with E-state index in [0.717, 1.165) is 18.8 Å². The van der Waals surface area contributed by atoms with E-state index in [4.69, 9.17) is 10.5 Å². The first kappa shape index (κ1) is 8.29. The smallest absolute Gasteiger partial charge is 0.149 e. The SMILES string of the molecule is Nc1nn(C2CCC2)c2c1CCOC2. The van der Waals surface area contributed by atoms with E-state index in [9.17, 15) is 0 Å². The molecule has 4 heteroatoms. The van der Waals surface area contributed by atoms with Crippen molar-refractivity contribution in [3.8, 4) is 0 Å². The molecule has 0 bridgehead atoms. The van der Waals surface area contributed by atoms with E-state index in [-0.39, 0.29) is 0 Å². The Morgan fingerprint density at radius 1 is 1.43 bits per heavy atom. The first-order valence-electron chi connectivity index (χ1n) is 5.30. The number of anilines is 1. The average Bonchev–Trinajstić information content (AvgIpc) is 2.43. The van der Waals surface area contributed by atoms with Crippen LogP contribution in [0.4, 0.5) is 5.82 Å². The molecule has 1 aromatic heterocycles. The number of hydrogen-bond acceptors (Lipinski definition) is 3. The molecule has 1 aliphatic heterocycles. The van der Waals surface area contributed by atoms with Crippen LogP contribution in [-0.2, 0) is 17.8 Å². The highest BCUT2D eigenvalue weighted by molar-refractivity contribution is 5.43. The number of nitrogen functional groups attached to an aromatic ring is 1. The molecular weight excluding hydrogens is 178 g/mol. The van der Waals surface area contributed by atoms with Crippen molar-refractivity contribution in [3.63, 3.8) is 0 Å². The molecule has 0 radical (unpaired) electrons. The summed E-state index contributed by atoms with van der Waals surface area (Å²) in [6.07, 6.45) is 4.73. The highest BCUT2D eigenvalue weighted by atomic mass is 16.5. The van der Waals surface area contributed by atoms with Crippen molar-refractivity contribution in [2.45, 2.75) is 38.3 Å². The average molecular weight is 193 g/mol. The van der Waals surface area contributed by atoms with E-state index in [2.05, 4.69) is 9.78 Å². The third-order valence-electron chi connectivity index (χ3n) is 3.31. The minimum Gasteiger partial charge on any atom is -0.382 e. The van der Waals surface area contributed by atoms with Crippen LogP contribution in [0.1, 0.15) is 36.6 Å². The number of rotatable bonds is 1. The van der Waals surface area contributed by atoms with Crippen LogP contribution in [0.3, 0.4) is 0 Å². The lowest BCUT2D eigenvalue weighted by Crippen LogP contribution is -2.22. The molecular formula is C10H15N3O. The van der Waals surface area contributed by atoms with Gasteiger partial charge in [0, 0.05) is 12.0 Å². The van der Waals surface area contributed by atoms with E-state index in [0.29, 0.717) is 12.6 Å². The van der Waals surface area contributed by atoms with Crippen LogP contribution in [0.2, 0.25) is 0 Å². The Balaban J connectivity index is 2.02. The molecule has 1 fully saturated rings. The molecule has 76 valence electrons. The van der Waals surface area contributed by atoms with Crippen molar-refractivity contribution >= 4 is 5.82 Å². The molecule has 1 aliphatic carbocycles. The number of nitrogens with two attached hydrogens (primary N) is 1. The molecule has 1 saturated carbocycles. The summed E-state index contributed by atoms with van der Waals surface area (Å²) in [6, 6.07) is 0.586. The molecule has 2 N–H and O–H groups in total. The maximum Gasteiger partial charge on any atom is 0.149 e. The standard InChI is InChI=1S/C10H15N3O/c11-10-8-4-5-14-6-9(8)13(12-10)7-2-1-3-7/h7H,1-6H2,(H2,11,12). The van der Waals surface area contributed by atoms with Gasteiger partial charge < -0.3 is 10.5 Å². The van der Waals surface area contributed by atoms with E-state index in [1.54, 1.807) is 0 Å². The van der Waals surface area contributed by atoms with E-state index in [1.165, 1.54) is 30.5 Å². The van der Waals surface area contributed by atoms with Crippen molar-refractivity contribution in [3.05, 3.63) is 11.3 Å². The number of aromatic nitrogens is 2. The van der Waals surface area contributed by atoms with Gasteiger partial charge in [-0.2, -0.15) is 5.10 Å². The second kappa shape index (κ2) is 2.98. The summed E-state index contributed by atoms with van der Waals surface area (Å²) in [6.45, 7) is 1.48. The van der Waals surface area contributed by atoms with Gasteiger partial charge in [0.25, 0.3) is 0 Å². The first-order chi connectivity index (χ1) is 6.86. The normalized spacial score (nSPS) is 21.7. The molecule has 0 amide bonds. The molecule has 1 aromatic rings. The quantitative estimate of drug-likeness (QED) is 0.730. The largest absolute Gasteiger partial charge is 0.382 e.